The van der Waals surface area contributed by atoms with Gasteiger partial charge in [-0.1, -0.05) is 18.2 Å². The summed E-state index contributed by atoms with van der Waals surface area (Å²) in [6.07, 6.45) is -4.37. The predicted octanol–water partition coefficient (Wildman–Crippen LogP) is 5.69. The van der Waals surface area contributed by atoms with Gasteiger partial charge in [0.1, 0.15) is 4.83 Å². The first-order chi connectivity index (χ1) is 16.2. The van der Waals surface area contributed by atoms with Gasteiger partial charge in [-0.05, 0) is 55.8 Å². The fourth-order valence-corrected chi connectivity index (χ4v) is 5.44. The normalized spacial score (nSPS) is 14.7. The van der Waals surface area contributed by atoms with Gasteiger partial charge in [-0.15, -0.1) is 11.3 Å². The highest BCUT2D eigenvalue weighted by atomic mass is 32.1. The van der Waals surface area contributed by atoms with Crippen molar-refractivity contribution in [1.29, 1.82) is 0 Å². The molecule has 4 aromatic rings. The molecule has 9 heteroatoms. The Hall–Kier alpha value is -3.33. The van der Waals surface area contributed by atoms with Gasteiger partial charge in [-0.25, -0.2) is 4.68 Å². The van der Waals surface area contributed by atoms with Gasteiger partial charge in [0.2, 0.25) is 0 Å². The van der Waals surface area contributed by atoms with Crippen molar-refractivity contribution >= 4 is 33.1 Å². The quantitative estimate of drug-likeness (QED) is 0.375. The Bertz CT molecular complexity index is 1370. The lowest BCUT2D eigenvalue weighted by atomic mass is 10.1. The van der Waals surface area contributed by atoms with Crippen molar-refractivity contribution in [3.63, 3.8) is 0 Å². The zero-order valence-corrected chi connectivity index (χ0v) is 19.6. The molecule has 1 fully saturated rings. The minimum absolute atomic E-state index is 0.0555. The molecule has 34 heavy (non-hydrogen) atoms. The van der Waals surface area contributed by atoms with E-state index in [1.807, 2.05) is 47.7 Å². The van der Waals surface area contributed by atoms with Crippen LogP contribution in [0.2, 0.25) is 0 Å². The highest BCUT2D eigenvalue weighted by Crippen LogP contribution is 2.33. The molecule has 0 aliphatic carbocycles. The highest BCUT2D eigenvalue weighted by molar-refractivity contribution is 7.20. The zero-order chi connectivity index (χ0) is 24.0. The summed E-state index contributed by atoms with van der Waals surface area (Å²) in [6, 6.07) is 15.3. The number of hydrogen-bond acceptors (Lipinski definition) is 4. The molecule has 1 aliphatic rings. The van der Waals surface area contributed by atoms with Crippen molar-refractivity contribution in [3.05, 3.63) is 76.3 Å². The van der Waals surface area contributed by atoms with Gasteiger partial charge in [0.05, 0.1) is 21.8 Å². The number of carbonyl (C=O) groups excluding carboxylic acids is 1. The van der Waals surface area contributed by atoms with Crippen LogP contribution in [0.4, 0.5) is 18.9 Å². The van der Waals surface area contributed by atoms with Crippen LogP contribution in [0.15, 0.2) is 54.6 Å². The number of aryl methyl sites for hydroxylation is 2. The average molecular weight is 485 g/mol. The molecule has 0 bridgehead atoms. The number of thiophene rings is 1. The number of fused-ring (bicyclic) bond motifs is 1. The van der Waals surface area contributed by atoms with Crippen LogP contribution in [-0.4, -0.2) is 46.8 Å². The number of nitrogens with zero attached hydrogens (tertiary/aromatic N) is 4. The lowest BCUT2D eigenvalue weighted by Gasteiger charge is -2.36. The number of benzene rings is 2. The van der Waals surface area contributed by atoms with Crippen molar-refractivity contribution in [2.75, 3.05) is 31.1 Å². The second kappa shape index (κ2) is 8.47. The SMILES string of the molecule is Cc1cccc(-n2nc(C)c3cc(C(=O)N4CCN(c5cccc(C(F)(F)F)c5)CC4)sc32)c1. The van der Waals surface area contributed by atoms with Crippen LogP contribution in [-0.2, 0) is 6.18 Å². The van der Waals surface area contributed by atoms with E-state index in [1.54, 1.807) is 11.0 Å². The van der Waals surface area contributed by atoms with E-state index >= 15 is 0 Å². The third-order valence-corrected chi connectivity index (χ3v) is 7.21. The van der Waals surface area contributed by atoms with Gasteiger partial charge < -0.3 is 9.80 Å². The topological polar surface area (TPSA) is 41.4 Å². The van der Waals surface area contributed by atoms with Crippen LogP contribution < -0.4 is 4.90 Å². The maximum absolute atomic E-state index is 13.2. The third kappa shape index (κ3) is 4.16. The standard InChI is InChI=1S/C25H23F3N4OS/c1-16-5-3-8-20(13-16)32-24-21(17(2)29-32)15-22(34-24)23(33)31-11-9-30(10-12-31)19-7-4-6-18(14-19)25(26,27)28/h3-8,13-15H,9-12H2,1-2H3. The van der Waals surface area contributed by atoms with Crippen LogP contribution in [0.3, 0.4) is 0 Å². The van der Waals surface area contributed by atoms with Crippen molar-refractivity contribution in [1.82, 2.24) is 14.7 Å². The summed E-state index contributed by atoms with van der Waals surface area (Å²) in [5, 5.41) is 5.61. The summed E-state index contributed by atoms with van der Waals surface area (Å²) in [7, 11) is 0. The fraction of sp³-hybridized carbons (Fsp3) is 0.280. The van der Waals surface area contributed by atoms with Gasteiger partial charge >= 0.3 is 6.18 Å². The van der Waals surface area contributed by atoms with Crippen molar-refractivity contribution < 1.29 is 18.0 Å². The van der Waals surface area contributed by atoms with Crippen molar-refractivity contribution in [2.24, 2.45) is 0 Å². The van der Waals surface area contributed by atoms with E-state index in [1.165, 1.54) is 23.5 Å². The molecule has 0 saturated carbocycles. The van der Waals surface area contributed by atoms with E-state index in [0.29, 0.717) is 36.7 Å². The minimum atomic E-state index is -4.37. The Kier molecular flexibility index (Phi) is 5.59. The second-order valence-electron chi connectivity index (χ2n) is 8.49. The minimum Gasteiger partial charge on any atom is -0.368 e. The molecule has 0 spiro atoms. The molecule has 1 amide bonds. The average Bonchev–Trinajstić information content (AvgIpc) is 3.39. The second-order valence-corrected chi connectivity index (χ2v) is 9.52. The largest absolute Gasteiger partial charge is 0.416 e. The van der Waals surface area contributed by atoms with E-state index in [-0.39, 0.29) is 5.91 Å². The van der Waals surface area contributed by atoms with E-state index in [4.69, 9.17) is 0 Å². The first kappa shape index (κ1) is 22.5. The molecule has 0 unspecified atom stereocenters. The van der Waals surface area contributed by atoms with Crippen LogP contribution in [0.1, 0.15) is 26.5 Å². The van der Waals surface area contributed by atoms with Gasteiger partial charge in [0.15, 0.2) is 0 Å². The molecule has 0 radical (unpaired) electrons. The summed E-state index contributed by atoms with van der Waals surface area (Å²) in [6.45, 7) is 5.82. The van der Waals surface area contributed by atoms with E-state index < -0.39 is 11.7 Å². The Labute approximate surface area is 199 Å². The highest BCUT2D eigenvalue weighted by Gasteiger charge is 2.31. The maximum Gasteiger partial charge on any atom is 0.416 e. The summed E-state index contributed by atoms with van der Waals surface area (Å²) in [5.41, 5.74) is 2.81. The fourth-order valence-electron chi connectivity index (χ4n) is 4.29. The molecule has 0 N–H and O–H groups in total. The molecule has 0 atom stereocenters. The van der Waals surface area contributed by atoms with E-state index in [0.717, 1.165) is 33.2 Å². The van der Waals surface area contributed by atoms with Gasteiger partial charge in [0.25, 0.3) is 5.91 Å². The maximum atomic E-state index is 13.2. The van der Waals surface area contributed by atoms with E-state index in [9.17, 15) is 18.0 Å². The molecular weight excluding hydrogens is 461 g/mol. The molecule has 2 aromatic carbocycles. The zero-order valence-electron chi connectivity index (χ0n) is 18.8. The van der Waals surface area contributed by atoms with Gasteiger partial charge in [0, 0.05) is 37.3 Å². The van der Waals surface area contributed by atoms with Crippen molar-refractivity contribution in [2.45, 2.75) is 20.0 Å². The molecule has 2 aromatic heterocycles. The Morgan fingerprint density at radius 3 is 2.35 bits per heavy atom. The Balaban J connectivity index is 1.33. The van der Waals surface area contributed by atoms with Crippen LogP contribution in [0, 0.1) is 13.8 Å². The molecule has 1 saturated heterocycles. The Morgan fingerprint density at radius 2 is 1.65 bits per heavy atom. The number of anilines is 1. The number of carbonyl (C=O) groups is 1. The summed E-state index contributed by atoms with van der Waals surface area (Å²) in [4.78, 5) is 18.5. The summed E-state index contributed by atoms with van der Waals surface area (Å²) >= 11 is 1.42. The number of hydrogen-bond donors (Lipinski definition) is 0. The van der Waals surface area contributed by atoms with Gasteiger partial charge in [-0.2, -0.15) is 18.3 Å². The summed E-state index contributed by atoms with van der Waals surface area (Å²) in [5.74, 6) is -0.0555. The first-order valence-corrected chi connectivity index (χ1v) is 11.8. The molecule has 176 valence electrons. The third-order valence-electron chi connectivity index (χ3n) is 6.11. The summed E-state index contributed by atoms with van der Waals surface area (Å²) < 4.78 is 41.1. The molecule has 5 rings (SSSR count). The first-order valence-electron chi connectivity index (χ1n) is 11.0. The van der Waals surface area contributed by atoms with Gasteiger partial charge in [-0.3, -0.25) is 4.79 Å². The Morgan fingerprint density at radius 1 is 0.941 bits per heavy atom. The predicted molar refractivity (Wildman–Crippen MR) is 128 cm³/mol. The van der Waals surface area contributed by atoms with Crippen LogP contribution >= 0.6 is 11.3 Å². The number of halogens is 3. The number of aromatic nitrogens is 2. The molecular formula is C25H23F3N4OS. The lowest BCUT2D eigenvalue weighted by Crippen LogP contribution is -2.48. The van der Waals surface area contributed by atoms with Crippen LogP contribution in [0.25, 0.3) is 15.9 Å². The molecule has 3 heterocycles. The van der Waals surface area contributed by atoms with E-state index in [2.05, 4.69) is 11.2 Å². The van der Waals surface area contributed by atoms with Crippen LogP contribution in [0.5, 0.6) is 0 Å². The number of alkyl halides is 3. The van der Waals surface area contributed by atoms with Crippen molar-refractivity contribution in [3.8, 4) is 5.69 Å². The molecule has 5 nitrogen and oxygen atoms in total. The smallest absolute Gasteiger partial charge is 0.368 e. The number of rotatable bonds is 3. The monoisotopic (exact) mass is 484 g/mol. The lowest BCUT2D eigenvalue weighted by molar-refractivity contribution is -0.137. The number of piperazine rings is 1. The molecule has 1 aliphatic heterocycles. The number of amides is 1.